The Balaban J connectivity index is 0.000000269. The van der Waals surface area contributed by atoms with Crippen molar-refractivity contribution in [1.29, 1.82) is 0 Å². The van der Waals surface area contributed by atoms with Crippen LogP contribution >= 0.6 is 0 Å². The number of ketones is 1. The van der Waals surface area contributed by atoms with Crippen LogP contribution in [0.3, 0.4) is 0 Å². The van der Waals surface area contributed by atoms with E-state index < -0.39 is 0 Å². The molecule has 4 nitrogen and oxygen atoms in total. The molecule has 0 bridgehead atoms. The number of carbonyl (C=O) groups excluding carboxylic acids is 2. The van der Waals surface area contributed by atoms with E-state index in [1.807, 2.05) is 72.5 Å². The van der Waals surface area contributed by atoms with Gasteiger partial charge >= 0.3 is 0 Å². The van der Waals surface area contributed by atoms with Gasteiger partial charge in [0.15, 0.2) is 5.78 Å². The molecule has 3 aromatic carbocycles. The topological polar surface area (TPSA) is 63.4 Å². The molecule has 3 aromatic rings. The van der Waals surface area contributed by atoms with E-state index in [1.54, 1.807) is 13.8 Å². The zero-order chi connectivity index (χ0) is 21.7. The second-order valence-corrected chi connectivity index (χ2v) is 7.66. The molecule has 0 saturated heterocycles. The van der Waals surface area contributed by atoms with Crippen molar-refractivity contribution in [2.24, 2.45) is 0 Å². The number of hydrogen-bond acceptors (Lipinski definition) is 3. The van der Waals surface area contributed by atoms with E-state index in [0.717, 1.165) is 47.5 Å². The van der Waals surface area contributed by atoms with Gasteiger partial charge in [0.1, 0.15) is 0 Å². The summed E-state index contributed by atoms with van der Waals surface area (Å²) in [6, 6.07) is 21.7. The zero-order valence-electron chi connectivity index (χ0n) is 17.8. The summed E-state index contributed by atoms with van der Waals surface area (Å²) in [5, 5.41) is 0. The van der Waals surface area contributed by atoms with Crippen LogP contribution in [0.1, 0.15) is 41.8 Å². The summed E-state index contributed by atoms with van der Waals surface area (Å²) < 4.78 is 0. The van der Waals surface area contributed by atoms with Crippen LogP contribution in [-0.4, -0.2) is 18.2 Å². The Labute approximate surface area is 178 Å². The molecule has 0 saturated carbocycles. The number of benzene rings is 3. The van der Waals surface area contributed by atoms with Crippen molar-refractivity contribution in [2.45, 2.75) is 33.6 Å². The van der Waals surface area contributed by atoms with E-state index >= 15 is 0 Å². The average molecular weight is 401 g/mol. The molecule has 1 aliphatic rings. The minimum Gasteiger partial charge on any atom is -0.399 e. The first-order valence-corrected chi connectivity index (χ1v) is 10.2. The summed E-state index contributed by atoms with van der Waals surface area (Å²) in [6.45, 7) is 6.03. The highest BCUT2D eigenvalue weighted by Crippen LogP contribution is 2.31. The second-order valence-electron chi connectivity index (χ2n) is 7.66. The first-order valence-electron chi connectivity index (χ1n) is 10.2. The fraction of sp³-hybridized carbons (Fsp3) is 0.231. The third kappa shape index (κ3) is 5.15. The van der Waals surface area contributed by atoms with Crippen molar-refractivity contribution >= 4 is 23.1 Å². The first kappa shape index (κ1) is 21.3. The smallest absolute Gasteiger partial charge is 0.223 e. The van der Waals surface area contributed by atoms with Crippen molar-refractivity contribution in [3.05, 3.63) is 83.4 Å². The van der Waals surface area contributed by atoms with Crippen molar-refractivity contribution in [3.63, 3.8) is 0 Å². The lowest BCUT2D eigenvalue weighted by molar-refractivity contribution is -0.116. The molecule has 4 rings (SSSR count). The standard InChI is InChI=1S/C19H19NO2.C7H9N/c1-13(21)15-5-7-16(8-6-15)17-9-10-19-18(12-17)4-3-11-20(19)14(2)22;1-6-2-4-7(8)5-3-6/h5-10,12H,3-4,11H2,1-2H3;2-5H,8H2,1H3. The van der Waals surface area contributed by atoms with E-state index in [0.29, 0.717) is 0 Å². The Morgan fingerprint density at radius 2 is 1.50 bits per heavy atom. The van der Waals surface area contributed by atoms with Gasteiger partial charge in [-0.05, 0) is 67.6 Å². The molecule has 30 heavy (non-hydrogen) atoms. The van der Waals surface area contributed by atoms with Crippen LogP contribution in [-0.2, 0) is 11.2 Å². The third-order valence-corrected chi connectivity index (χ3v) is 5.28. The number of nitrogens with two attached hydrogens (primary N) is 1. The molecule has 154 valence electrons. The molecule has 0 radical (unpaired) electrons. The van der Waals surface area contributed by atoms with E-state index in [-0.39, 0.29) is 11.7 Å². The Kier molecular flexibility index (Phi) is 6.68. The Morgan fingerprint density at radius 3 is 2.07 bits per heavy atom. The average Bonchev–Trinajstić information content (AvgIpc) is 2.75. The zero-order valence-corrected chi connectivity index (χ0v) is 17.8. The highest BCUT2D eigenvalue weighted by atomic mass is 16.2. The number of carbonyl (C=O) groups is 2. The highest BCUT2D eigenvalue weighted by molar-refractivity contribution is 5.95. The maximum atomic E-state index is 11.7. The molecule has 0 unspecified atom stereocenters. The Hall–Kier alpha value is -3.40. The van der Waals surface area contributed by atoms with Gasteiger partial charge < -0.3 is 10.6 Å². The molecule has 4 heteroatoms. The SMILES string of the molecule is CC(=O)c1ccc(-c2ccc3c(c2)CCCN3C(C)=O)cc1.Cc1ccc(N)cc1. The molecule has 0 fully saturated rings. The predicted octanol–water partition coefficient (Wildman–Crippen LogP) is 5.43. The quantitative estimate of drug-likeness (QED) is 0.461. The van der Waals surface area contributed by atoms with Gasteiger partial charge in [0.05, 0.1) is 0 Å². The summed E-state index contributed by atoms with van der Waals surface area (Å²) in [5.74, 6) is 0.175. The monoisotopic (exact) mass is 400 g/mol. The van der Waals surface area contributed by atoms with Crippen LogP contribution in [0.15, 0.2) is 66.7 Å². The molecule has 1 heterocycles. The number of nitrogen functional groups attached to an aromatic ring is 1. The van der Waals surface area contributed by atoms with E-state index in [2.05, 4.69) is 6.07 Å². The van der Waals surface area contributed by atoms with E-state index in [4.69, 9.17) is 5.73 Å². The number of aryl methyl sites for hydroxylation is 2. The van der Waals surface area contributed by atoms with Gasteiger partial charge in [0.2, 0.25) is 5.91 Å². The number of hydrogen-bond donors (Lipinski definition) is 1. The minimum absolute atomic E-state index is 0.0779. The maximum absolute atomic E-state index is 11.7. The molecular formula is C26H28N2O2. The molecule has 0 aliphatic carbocycles. The largest absolute Gasteiger partial charge is 0.399 e. The predicted molar refractivity (Wildman–Crippen MR) is 124 cm³/mol. The lowest BCUT2D eigenvalue weighted by Gasteiger charge is -2.29. The summed E-state index contributed by atoms with van der Waals surface area (Å²) in [4.78, 5) is 24.9. The van der Waals surface area contributed by atoms with Gasteiger partial charge in [-0.2, -0.15) is 0 Å². The van der Waals surface area contributed by atoms with Gasteiger partial charge in [-0.25, -0.2) is 0 Å². The Bertz CT molecular complexity index is 1020. The summed E-state index contributed by atoms with van der Waals surface area (Å²) in [7, 11) is 0. The first-order chi connectivity index (χ1) is 14.3. The minimum atomic E-state index is 0.0779. The molecule has 0 atom stereocenters. The number of nitrogens with zero attached hydrogens (tertiary/aromatic N) is 1. The summed E-state index contributed by atoms with van der Waals surface area (Å²) in [6.07, 6.45) is 2.00. The van der Waals surface area contributed by atoms with Crippen LogP contribution in [0.4, 0.5) is 11.4 Å². The van der Waals surface area contributed by atoms with Crippen LogP contribution in [0.5, 0.6) is 0 Å². The molecule has 2 N–H and O–H groups in total. The van der Waals surface area contributed by atoms with Gasteiger partial charge in [0, 0.05) is 30.4 Å². The van der Waals surface area contributed by atoms with Crippen LogP contribution in [0.25, 0.3) is 11.1 Å². The van der Waals surface area contributed by atoms with Crippen molar-refractivity contribution in [1.82, 2.24) is 0 Å². The Morgan fingerprint density at radius 1 is 0.867 bits per heavy atom. The number of fused-ring (bicyclic) bond motifs is 1. The number of anilines is 2. The second kappa shape index (κ2) is 9.40. The van der Waals surface area contributed by atoms with Crippen molar-refractivity contribution in [3.8, 4) is 11.1 Å². The number of rotatable bonds is 2. The number of Topliss-reactive ketones (excluding diaryl/α,β-unsaturated/α-hetero) is 1. The van der Waals surface area contributed by atoms with Crippen LogP contribution in [0, 0.1) is 6.92 Å². The van der Waals surface area contributed by atoms with Gasteiger partial charge in [-0.3, -0.25) is 9.59 Å². The summed E-state index contributed by atoms with van der Waals surface area (Å²) in [5.41, 5.74) is 12.7. The summed E-state index contributed by atoms with van der Waals surface area (Å²) >= 11 is 0. The fourth-order valence-corrected chi connectivity index (χ4v) is 3.57. The lowest BCUT2D eigenvalue weighted by Crippen LogP contribution is -2.33. The molecule has 0 spiro atoms. The molecule has 0 aromatic heterocycles. The van der Waals surface area contributed by atoms with Gasteiger partial charge in [-0.1, -0.05) is 48.0 Å². The number of amides is 1. The molecular weight excluding hydrogens is 372 g/mol. The van der Waals surface area contributed by atoms with Crippen molar-refractivity contribution < 1.29 is 9.59 Å². The van der Waals surface area contributed by atoms with Crippen LogP contribution in [0.2, 0.25) is 0 Å². The van der Waals surface area contributed by atoms with E-state index in [1.165, 1.54) is 11.1 Å². The van der Waals surface area contributed by atoms with Gasteiger partial charge in [-0.15, -0.1) is 0 Å². The lowest BCUT2D eigenvalue weighted by atomic mass is 9.95. The highest BCUT2D eigenvalue weighted by Gasteiger charge is 2.20. The van der Waals surface area contributed by atoms with Crippen molar-refractivity contribution in [2.75, 3.05) is 17.2 Å². The molecule has 1 aliphatic heterocycles. The fourth-order valence-electron chi connectivity index (χ4n) is 3.57. The third-order valence-electron chi connectivity index (χ3n) is 5.28. The van der Waals surface area contributed by atoms with Crippen LogP contribution < -0.4 is 10.6 Å². The normalized spacial score (nSPS) is 12.4. The maximum Gasteiger partial charge on any atom is 0.223 e. The van der Waals surface area contributed by atoms with E-state index in [9.17, 15) is 9.59 Å². The molecule has 1 amide bonds. The van der Waals surface area contributed by atoms with Gasteiger partial charge in [0.25, 0.3) is 0 Å².